The van der Waals surface area contributed by atoms with Crippen LogP contribution in [0.5, 0.6) is 0 Å². The van der Waals surface area contributed by atoms with Gasteiger partial charge >= 0.3 is 0 Å². The van der Waals surface area contributed by atoms with Gasteiger partial charge < -0.3 is 10.2 Å². The quantitative estimate of drug-likeness (QED) is 0.862. The van der Waals surface area contributed by atoms with Gasteiger partial charge in [-0.3, -0.25) is 24.1 Å². The highest BCUT2D eigenvalue weighted by molar-refractivity contribution is 8.14. The van der Waals surface area contributed by atoms with Gasteiger partial charge in [0.1, 0.15) is 0 Å². The van der Waals surface area contributed by atoms with Crippen molar-refractivity contribution in [2.45, 2.75) is 19.9 Å². The van der Waals surface area contributed by atoms with E-state index in [-0.39, 0.29) is 47.6 Å². The average Bonchev–Trinajstić information content (AvgIpc) is 3.13. The molecule has 8 heteroatoms. The number of nitrogens with one attached hydrogen (secondary N) is 1. The molecular weight excluding hydrogens is 342 g/mol. The average molecular weight is 361 g/mol. The maximum absolute atomic E-state index is 12.3. The van der Waals surface area contributed by atoms with Crippen LogP contribution in [-0.2, 0) is 20.9 Å². The van der Waals surface area contributed by atoms with Gasteiger partial charge in [-0.25, -0.2) is 0 Å². The molecule has 2 saturated heterocycles. The summed E-state index contributed by atoms with van der Waals surface area (Å²) in [6, 6.07) is 7.02. The summed E-state index contributed by atoms with van der Waals surface area (Å²) in [4.78, 5) is 50.1. The second kappa shape index (κ2) is 7.26. The van der Waals surface area contributed by atoms with Crippen LogP contribution in [0.2, 0.25) is 0 Å². The fourth-order valence-electron chi connectivity index (χ4n) is 2.91. The molecule has 2 aliphatic heterocycles. The van der Waals surface area contributed by atoms with Crippen molar-refractivity contribution < 1.29 is 19.2 Å². The smallest absolute Gasteiger partial charge is 0.289 e. The molecule has 0 aromatic heterocycles. The number of likely N-dealkylation sites (tertiary alicyclic amines) is 1. The lowest BCUT2D eigenvalue weighted by molar-refractivity contribution is -0.128. The molecule has 2 aliphatic rings. The fraction of sp³-hybridized carbons (Fsp3) is 0.412. The Morgan fingerprint density at radius 1 is 1.20 bits per heavy atom. The molecule has 0 saturated carbocycles. The first kappa shape index (κ1) is 17.5. The number of imide groups is 1. The van der Waals surface area contributed by atoms with Crippen molar-refractivity contribution in [3.05, 3.63) is 29.8 Å². The van der Waals surface area contributed by atoms with Crippen LogP contribution in [-0.4, -0.2) is 51.6 Å². The third-order valence-electron chi connectivity index (χ3n) is 4.37. The van der Waals surface area contributed by atoms with Crippen molar-refractivity contribution in [2.75, 3.05) is 24.2 Å². The Kier molecular flexibility index (Phi) is 5.08. The van der Waals surface area contributed by atoms with E-state index < -0.39 is 0 Å². The Labute approximate surface area is 149 Å². The summed E-state index contributed by atoms with van der Waals surface area (Å²) in [5.74, 6) is -0.473. The van der Waals surface area contributed by atoms with Crippen molar-refractivity contribution in [1.29, 1.82) is 0 Å². The second-order valence-electron chi connectivity index (χ2n) is 6.05. The Hall–Kier alpha value is -2.35. The summed E-state index contributed by atoms with van der Waals surface area (Å²) >= 11 is 1.01. The molecule has 3 rings (SSSR count). The summed E-state index contributed by atoms with van der Waals surface area (Å²) < 4.78 is 0. The summed E-state index contributed by atoms with van der Waals surface area (Å²) in [7, 11) is 0. The molecule has 0 radical (unpaired) electrons. The van der Waals surface area contributed by atoms with E-state index in [1.165, 1.54) is 4.90 Å². The zero-order valence-corrected chi connectivity index (χ0v) is 14.7. The zero-order chi connectivity index (χ0) is 18.0. The van der Waals surface area contributed by atoms with Crippen molar-refractivity contribution in [3.63, 3.8) is 0 Å². The molecule has 1 aromatic rings. The molecule has 25 heavy (non-hydrogen) atoms. The molecule has 1 N–H and O–H groups in total. The molecule has 132 valence electrons. The first-order valence-electron chi connectivity index (χ1n) is 8.12. The normalized spacial score (nSPS) is 20.5. The van der Waals surface area contributed by atoms with Crippen LogP contribution in [0.15, 0.2) is 24.3 Å². The van der Waals surface area contributed by atoms with Crippen LogP contribution in [0.1, 0.15) is 18.9 Å². The molecule has 2 fully saturated rings. The van der Waals surface area contributed by atoms with Gasteiger partial charge in [0, 0.05) is 25.2 Å². The molecule has 2 heterocycles. The number of anilines is 1. The SMILES string of the molecule is CCN1C[C@@H](C(=O)Nc2ccc(CN3C(=O)CSC3=O)cc2)CC1=O. The van der Waals surface area contributed by atoms with Gasteiger partial charge in [0.25, 0.3) is 5.24 Å². The first-order valence-corrected chi connectivity index (χ1v) is 9.11. The van der Waals surface area contributed by atoms with Crippen LogP contribution in [0.3, 0.4) is 0 Å². The topological polar surface area (TPSA) is 86.8 Å². The van der Waals surface area contributed by atoms with Crippen molar-refractivity contribution >= 4 is 40.4 Å². The number of amides is 4. The first-order chi connectivity index (χ1) is 12.0. The van der Waals surface area contributed by atoms with Gasteiger partial charge in [0.05, 0.1) is 18.2 Å². The third kappa shape index (κ3) is 3.84. The number of rotatable bonds is 5. The van der Waals surface area contributed by atoms with E-state index >= 15 is 0 Å². The number of carbonyl (C=O) groups excluding carboxylic acids is 4. The van der Waals surface area contributed by atoms with Gasteiger partial charge in [0.15, 0.2) is 0 Å². The zero-order valence-electron chi connectivity index (χ0n) is 13.9. The van der Waals surface area contributed by atoms with E-state index in [1.807, 2.05) is 6.92 Å². The minimum absolute atomic E-state index is 0.0100. The standard InChI is InChI=1S/C17H19N3O4S/c1-2-19-9-12(7-14(19)21)16(23)18-13-5-3-11(4-6-13)8-20-15(22)10-25-17(20)24/h3-6,12H,2,7-10H2,1H3,(H,18,23)/t12-/m0/s1. The molecular formula is C17H19N3O4S. The van der Waals surface area contributed by atoms with Gasteiger partial charge in [-0.2, -0.15) is 0 Å². The molecule has 0 aliphatic carbocycles. The lowest BCUT2D eigenvalue weighted by Gasteiger charge is -2.15. The summed E-state index contributed by atoms with van der Waals surface area (Å²) in [6.07, 6.45) is 0.245. The van der Waals surface area contributed by atoms with Crippen LogP contribution in [0.25, 0.3) is 0 Å². The minimum Gasteiger partial charge on any atom is -0.342 e. The van der Waals surface area contributed by atoms with Crippen LogP contribution >= 0.6 is 11.8 Å². The summed E-state index contributed by atoms with van der Waals surface area (Å²) in [5, 5.41) is 2.59. The second-order valence-corrected chi connectivity index (χ2v) is 6.98. The molecule has 0 unspecified atom stereocenters. The van der Waals surface area contributed by atoms with Crippen molar-refractivity contribution in [1.82, 2.24) is 9.80 Å². The van der Waals surface area contributed by atoms with Crippen LogP contribution < -0.4 is 5.32 Å². The van der Waals surface area contributed by atoms with E-state index in [2.05, 4.69) is 5.32 Å². The maximum atomic E-state index is 12.3. The Morgan fingerprint density at radius 2 is 1.92 bits per heavy atom. The van der Waals surface area contributed by atoms with E-state index in [9.17, 15) is 19.2 Å². The summed E-state index contributed by atoms with van der Waals surface area (Å²) in [6.45, 7) is 3.20. The number of hydrogen-bond acceptors (Lipinski definition) is 5. The molecule has 4 amide bonds. The van der Waals surface area contributed by atoms with Crippen molar-refractivity contribution in [2.24, 2.45) is 5.92 Å². The number of thioether (sulfide) groups is 1. The highest BCUT2D eigenvalue weighted by Gasteiger charge is 2.33. The molecule has 7 nitrogen and oxygen atoms in total. The third-order valence-corrected chi connectivity index (χ3v) is 5.23. The minimum atomic E-state index is -0.330. The monoisotopic (exact) mass is 361 g/mol. The lowest BCUT2D eigenvalue weighted by atomic mass is 10.1. The number of nitrogens with zero attached hydrogens (tertiary/aromatic N) is 2. The van der Waals surface area contributed by atoms with Crippen molar-refractivity contribution in [3.8, 4) is 0 Å². The van der Waals surface area contributed by atoms with E-state index in [4.69, 9.17) is 0 Å². The number of benzene rings is 1. The molecule has 1 aromatic carbocycles. The summed E-state index contributed by atoms with van der Waals surface area (Å²) in [5.41, 5.74) is 1.44. The van der Waals surface area contributed by atoms with Gasteiger partial charge in [-0.15, -0.1) is 0 Å². The number of carbonyl (C=O) groups is 4. The van der Waals surface area contributed by atoms with Gasteiger partial charge in [-0.05, 0) is 24.6 Å². The Balaban J connectivity index is 1.57. The fourth-order valence-corrected chi connectivity index (χ4v) is 3.63. The van der Waals surface area contributed by atoms with E-state index in [1.54, 1.807) is 29.2 Å². The molecule has 1 atom stereocenters. The number of hydrogen-bond donors (Lipinski definition) is 1. The van der Waals surface area contributed by atoms with Crippen LogP contribution in [0.4, 0.5) is 10.5 Å². The largest absolute Gasteiger partial charge is 0.342 e. The highest BCUT2D eigenvalue weighted by Crippen LogP contribution is 2.23. The van der Waals surface area contributed by atoms with Gasteiger partial charge in [0.2, 0.25) is 17.7 Å². The lowest BCUT2D eigenvalue weighted by Crippen LogP contribution is -2.28. The van der Waals surface area contributed by atoms with E-state index in [0.29, 0.717) is 18.8 Å². The molecule has 0 bridgehead atoms. The predicted octanol–water partition coefficient (Wildman–Crippen LogP) is 1.69. The highest BCUT2D eigenvalue weighted by atomic mass is 32.2. The Bertz CT molecular complexity index is 703. The Morgan fingerprint density at radius 3 is 2.48 bits per heavy atom. The van der Waals surface area contributed by atoms with E-state index in [0.717, 1.165) is 17.3 Å². The maximum Gasteiger partial charge on any atom is 0.289 e. The van der Waals surface area contributed by atoms with Gasteiger partial charge in [-0.1, -0.05) is 23.9 Å². The van der Waals surface area contributed by atoms with Crippen LogP contribution in [0, 0.1) is 5.92 Å². The molecule has 0 spiro atoms. The predicted molar refractivity (Wildman–Crippen MR) is 93.8 cm³/mol.